The molecule has 1 amide bonds. The number of rotatable bonds is 6. The van der Waals surface area contributed by atoms with Crippen LogP contribution in [0.2, 0.25) is 0 Å². The zero-order valence-electron chi connectivity index (χ0n) is 18.9. The number of carbonyl (C=O) groups is 1. The molecule has 0 fully saturated rings. The second kappa shape index (κ2) is 9.19. The van der Waals surface area contributed by atoms with Gasteiger partial charge in [-0.1, -0.05) is 48.5 Å². The molecule has 0 bridgehead atoms. The smallest absolute Gasteiger partial charge is 0.238 e. The highest BCUT2D eigenvalue weighted by Crippen LogP contribution is 2.42. The van der Waals surface area contributed by atoms with Crippen LogP contribution in [-0.4, -0.2) is 30.8 Å². The first-order chi connectivity index (χ1) is 16.7. The van der Waals surface area contributed by atoms with E-state index in [1.807, 2.05) is 79.0 Å². The molecule has 3 aromatic carbocycles. The van der Waals surface area contributed by atoms with Gasteiger partial charge in [-0.15, -0.1) is 0 Å². The zero-order valence-corrected chi connectivity index (χ0v) is 18.9. The minimum Gasteiger partial charge on any atom is -0.493 e. The molecule has 0 saturated carbocycles. The molecule has 6 heteroatoms. The predicted octanol–water partition coefficient (Wildman–Crippen LogP) is 5.62. The molecule has 168 valence electrons. The number of amides is 1. The molecule has 1 aliphatic heterocycles. The Bertz CT molecular complexity index is 1350. The summed E-state index contributed by atoms with van der Waals surface area (Å²) >= 11 is 0. The molecule has 1 N–H and O–H groups in total. The summed E-state index contributed by atoms with van der Waals surface area (Å²) < 4.78 is 10.9. The average molecular weight is 450 g/mol. The number of hydrogen-bond donors (Lipinski definition) is 1. The van der Waals surface area contributed by atoms with Gasteiger partial charge in [-0.25, -0.2) is 0 Å². The zero-order chi connectivity index (χ0) is 23.5. The molecule has 0 radical (unpaired) electrons. The highest BCUT2D eigenvalue weighted by Gasteiger charge is 2.36. The van der Waals surface area contributed by atoms with Gasteiger partial charge < -0.3 is 14.8 Å². The Labute approximate surface area is 197 Å². The van der Waals surface area contributed by atoms with Crippen LogP contribution in [0.25, 0.3) is 11.1 Å². The summed E-state index contributed by atoms with van der Waals surface area (Å²) in [6.07, 6.45) is 3.58. The van der Waals surface area contributed by atoms with Gasteiger partial charge in [-0.2, -0.15) is 0 Å². The van der Waals surface area contributed by atoms with Crippen LogP contribution in [0.1, 0.15) is 17.0 Å². The fourth-order valence-corrected chi connectivity index (χ4v) is 4.17. The standard InChI is InChI=1S/C28H23N3O3/c1-33-24-15-22-23(16-25(24)34-2)31-28(32)26(22)27(19-7-4-3-5-8-19)30-21-12-10-18(11-13-21)20-9-6-14-29-17-20/h3-17,26H,1-2H3,(H,31,32). The molecular formula is C28H23N3O3. The van der Waals surface area contributed by atoms with Gasteiger partial charge in [0, 0.05) is 24.1 Å². The SMILES string of the molecule is COc1cc2c(cc1OC)C(C(=Nc1ccc(-c3cccnc3)cc1)c1ccccc1)C(=O)N2. The second-order valence-electron chi connectivity index (χ2n) is 7.87. The lowest BCUT2D eigenvalue weighted by atomic mass is 9.90. The van der Waals surface area contributed by atoms with E-state index in [0.29, 0.717) is 22.9 Å². The Morgan fingerprint density at radius 3 is 2.29 bits per heavy atom. The maximum atomic E-state index is 13.2. The topological polar surface area (TPSA) is 72.8 Å². The number of carbonyl (C=O) groups excluding carboxylic acids is 1. The third kappa shape index (κ3) is 4.01. The minimum atomic E-state index is -0.588. The van der Waals surface area contributed by atoms with E-state index in [0.717, 1.165) is 27.9 Å². The normalized spacial score (nSPS) is 14.9. The van der Waals surface area contributed by atoms with Gasteiger partial charge in [0.2, 0.25) is 5.91 Å². The first-order valence-electron chi connectivity index (χ1n) is 10.9. The summed E-state index contributed by atoms with van der Waals surface area (Å²) in [5, 5.41) is 2.98. The first kappa shape index (κ1) is 21.4. The number of fused-ring (bicyclic) bond motifs is 1. The van der Waals surface area contributed by atoms with Gasteiger partial charge in [0.1, 0.15) is 5.92 Å². The van der Waals surface area contributed by atoms with Crippen molar-refractivity contribution in [1.29, 1.82) is 0 Å². The Hall–Kier alpha value is -4.45. The van der Waals surface area contributed by atoms with Gasteiger partial charge in [0.25, 0.3) is 0 Å². The third-order valence-corrected chi connectivity index (χ3v) is 5.84. The van der Waals surface area contributed by atoms with E-state index < -0.39 is 5.92 Å². The maximum absolute atomic E-state index is 13.2. The average Bonchev–Trinajstić information content (AvgIpc) is 3.22. The minimum absolute atomic E-state index is 0.139. The van der Waals surface area contributed by atoms with Crippen LogP contribution < -0.4 is 14.8 Å². The summed E-state index contributed by atoms with van der Waals surface area (Å²) in [6, 6.07) is 25.3. The van der Waals surface area contributed by atoms with E-state index in [-0.39, 0.29) is 5.91 Å². The number of benzene rings is 3. The van der Waals surface area contributed by atoms with E-state index in [2.05, 4.69) is 10.3 Å². The molecular weight excluding hydrogens is 426 g/mol. The molecule has 1 unspecified atom stereocenters. The van der Waals surface area contributed by atoms with Crippen molar-refractivity contribution in [2.75, 3.05) is 19.5 Å². The lowest BCUT2D eigenvalue weighted by Gasteiger charge is -2.15. The van der Waals surface area contributed by atoms with E-state index in [1.165, 1.54) is 0 Å². The Morgan fingerprint density at radius 1 is 0.882 bits per heavy atom. The largest absolute Gasteiger partial charge is 0.493 e. The van der Waals surface area contributed by atoms with Crippen LogP contribution in [0.15, 0.2) is 96.2 Å². The number of nitrogens with zero attached hydrogens (tertiary/aromatic N) is 2. The van der Waals surface area contributed by atoms with Gasteiger partial charge in [0.05, 0.1) is 25.6 Å². The molecule has 5 rings (SSSR count). The molecule has 6 nitrogen and oxygen atoms in total. The highest BCUT2D eigenvalue weighted by atomic mass is 16.5. The summed E-state index contributed by atoms with van der Waals surface area (Å²) in [7, 11) is 3.16. The molecule has 0 aliphatic carbocycles. The number of aromatic nitrogens is 1. The van der Waals surface area contributed by atoms with Gasteiger partial charge in [-0.3, -0.25) is 14.8 Å². The van der Waals surface area contributed by atoms with Crippen LogP contribution in [0.3, 0.4) is 0 Å². The number of hydrogen-bond acceptors (Lipinski definition) is 5. The van der Waals surface area contributed by atoms with Crippen molar-refractivity contribution in [3.8, 4) is 22.6 Å². The molecule has 1 aromatic heterocycles. The fourth-order valence-electron chi connectivity index (χ4n) is 4.17. The lowest BCUT2D eigenvalue weighted by molar-refractivity contribution is -0.115. The number of pyridine rings is 1. The van der Waals surface area contributed by atoms with Crippen molar-refractivity contribution >= 4 is 23.0 Å². The summed E-state index contributed by atoms with van der Waals surface area (Å²) in [6.45, 7) is 0. The number of nitrogens with one attached hydrogen (secondary N) is 1. The summed E-state index contributed by atoms with van der Waals surface area (Å²) in [4.78, 5) is 22.3. The van der Waals surface area contributed by atoms with Crippen LogP contribution in [-0.2, 0) is 4.79 Å². The molecule has 2 heterocycles. The van der Waals surface area contributed by atoms with Gasteiger partial charge >= 0.3 is 0 Å². The van der Waals surface area contributed by atoms with E-state index in [4.69, 9.17) is 14.5 Å². The quantitative estimate of drug-likeness (QED) is 0.388. The number of ether oxygens (including phenoxy) is 2. The van der Waals surface area contributed by atoms with Crippen LogP contribution in [0.4, 0.5) is 11.4 Å². The van der Waals surface area contributed by atoms with Crippen LogP contribution in [0, 0.1) is 0 Å². The summed E-state index contributed by atoms with van der Waals surface area (Å²) in [5.74, 6) is 0.400. The van der Waals surface area contributed by atoms with Crippen molar-refractivity contribution in [1.82, 2.24) is 4.98 Å². The van der Waals surface area contributed by atoms with E-state index >= 15 is 0 Å². The molecule has 4 aromatic rings. The van der Waals surface area contributed by atoms with Crippen molar-refractivity contribution in [3.63, 3.8) is 0 Å². The van der Waals surface area contributed by atoms with E-state index in [9.17, 15) is 4.79 Å². The van der Waals surface area contributed by atoms with E-state index in [1.54, 1.807) is 26.5 Å². The Kier molecular flexibility index (Phi) is 5.79. The third-order valence-electron chi connectivity index (χ3n) is 5.84. The molecule has 34 heavy (non-hydrogen) atoms. The lowest BCUT2D eigenvalue weighted by Crippen LogP contribution is -2.22. The number of aliphatic imine (C=N–C) groups is 1. The Balaban J connectivity index is 1.60. The van der Waals surface area contributed by atoms with Crippen LogP contribution >= 0.6 is 0 Å². The van der Waals surface area contributed by atoms with Gasteiger partial charge in [-0.05, 0) is 46.5 Å². The fraction of sp³-hybridized carbons (Fsp3) is 0.107. The predicted molar refractivity (Wildman–Crippen MR) is 133 cm³/mol. The molecule has 1 atom stereocenters. The van der Waals surface area contributed by atoms with Crippen molar-refractivity contribution in [2.24, 2.45) is 4.99 Å². The van der Waals surface area contributed by atoms with Gasteiger partial charge in [0.15, 0.2) is 11.5 Å². The number of anilines is 1. The summed E-state index contributed by atoms with van der Waals surface area (Å²) in [5.41, 5.74) is 5.88. The molecule has 0 spiro atoms. The highest BCUT2D eigenvalue weighted by molar-refractivity contribution is 6.24. The molecule has 0 saturated heterocycles. The monoisotopic (exact) mass is 449 g/mol. The number of methoxy groups -OCH3 is 2. The van der Waals surface area contributed by atoms with Crippen molar-refractivity contribution in [3.05, 3.63) is 102 Å². The van der Waals surface area contributed by atoms with Crippen molar-refractivity contribution < 1.29 is 14.3 Å². The first-order valence-corrected chi connectivity index (χ1v) is 10.9. The van der Waals surface area contributed by atoms with Crippen LogP contribution in [0.5, 0.6) is 11.5 Å². The Morgan fingerprint density at radius 2 is 1.62 bits per heavy atom. The maximum Gasteiger partial charge on any atom is 0.238 e. The molecule has 1 aliphatic rings. The second-order valence-corrected chi connectivity index (χ2v) is 7.87. The van der Waals surface area contributed by atoms with Crippen molar-refractivity contribution in [2.45, 2.75) is 5.92 Å².